The van der Waals surface area contributed by atoms with Gasteiger partial charge < -0.3 is 20.6 Å². The SMILES string of the molecule is N#CC1(c2cc(NS(=O)(=O)c3cc(Br)ccc3O)c(O)c(C(=O)NCCO)c2)CCC1. The molecule has 0 saturated heterocycles. The predicted octanol–water partition coefficient (Wildman–Crippen LogP) is 2.33. The Hall–Kier alpha value is -2.81. The molecule has 31 heavy (non-hydrogen) atoms. The maximum absolute atomic E-state index is 12.9. The van der Waals surface area contributed by atoms with E-state index >= 15 is 0 Å². The Morgan fingerprint density at radius 3 is 2.52 bits per heavy atom. The summed E-state index contributed by atoms with van der Waals surface area (Å²) in [5, 5.41) is 41.7. The fourth-order valence-electron chi connectivity index (χ4n) is 3.32. The number of phenols is 2. The summed E-state index contributed by atoms with van der Waals surface area (Å²) in [5.41, 5.74) is -1.03. The molecule has 3 rings (SSSR count). The zero-order valence-electron chi connectivity index (χ0n) is 16.2. The molecule has 0 heterocycles. The lowest BCUT2D eigenvalue weighted by Crippen LogP contribution is -2.33. The molecule has 0 spiro atoms. The van der Waals surface area contributed by atoms with Crippen molar-refractivity contribution in [1.82, 2.24) is 5.32 Å². The molecule has 9 nitrogen and oxygen atoms in total. The molecule has 2 aromatic carbocycles. The first-order chi connectivity index (χ1) is 14.6. The second-order valence-electron chi connectivity index (χ2n) is 7.16. The number of carbonyl (C=O) groups is 1. The van der Waals surface area contributed by atoms with Crippen LogP contribution in [0.3, 0.4) is 0 Å². The van der Waals surface area contributed by atoms with Crippen LogP contribution in [0.2, 0.25) is 0 Å². The number of benzene rings is 2. The molecule has 0 unspecified atom stereocenters. The van der Waals surface area contributed by atoms with Gasteiger partial charge in [-0.05, 0) is 55.2 Å². The minimum absolute atomic E-state index is 0.0706. The van der Waals surface area contributed by atoms with Crippen LogP contribution >= 0.6 is 15.9 Å². The number of anilines is 1. The number of phenolic OH excluding ortho intramolecular Hbond substituents is 2. The number of aromatic hydroxyl groups is 2. The van der Waals surface area contributed by atoms with Crippen molar-refractivity contribution in [2.75, 3.05) is 17.9 Å². The van der Waals surface area contributed by atoms with E-state index in [0.717, 1.165) is 6.42 Å². The Kier molecular flexibility index (Phi) is 6.45. The average molecular weight is 510 g/mol. The number of nitriles is 1. The van der Waals surface area contributed by atoms with Gasteiger partial charge in [0.2, 0.25) is 0 Å². The van der Waals surface area contributed by atoms with Crippen molar-refractivity contribution in [2.24, 2.45) is 0 Å². The largest absolute Gasteiger partial charge is 0.507 e. The Morgan fingerprint density at radius 2 is 1.94 bits per heavy atom. The van der Waals surface area contributed by atoms with Crippen molar-refractivity contribution in [3.05, 3.63) is 45.9 Å². The van der Waals surface area contributed by atoms with Crippen LogP contribution in [-0.2, 0) is 15.4 Å². The van der Waals surface area contributed by atoms with Crippen molar-refractivity contribution >= 4 is 37.5 Å². The number of nitrogens with zero attached hydrogens (tertiary/aromatic N) is 1. The number of aliphatic hydroxyl groups is 1. The summed E-state index contributed by atoms with van der Waals surface area (Å²) in [6.07, 6.45) is 1.86. The van der Waals surface area contributed by atoms with Crippen LogP contribution in [0.25, 0.3) is 0 Å². The summed E-state index contributed by atoms with van der Waals surface area (Å²) in [5.74, 6) is -1.86. The first-order valence-corrected chi connectivity index (χ1v) is 11.6. The summed E-state index contributed by atoms with van der Waals surface area (Å²) in [6.45, 7) is -0.394. The number of hydrogen-bond acceptors (Lipinski definition) is 7. The summed E-state index contributed by atoms with van der Waals surface area (Å²) >= 11 is 3.15. The molecule has 0 aliphatic heterocycles. The number of hydrogen-bond donors (Lipinski definition) is 5. The molecular formula is C20H20BrN3O6S. The maximum atomic E-state index is 12.9. The van der Waals surface area contributed by atoms with Gasteiger partial charge in [-0.2, -0.15) is 5.26 Å². The molecule has 0 bridgehead atoms. The molecule has 5 N–H and O–H groups in total. The molecule has 164 valence electrons. The molecule has 2 aromatic rings. The van der Waals surface area contributed by atoms with Crippen molar-refractivity contribution in [2.45, 2.75) is 29.6 Å². The second kappa shape index (κ2) is 8.74. The molecule has 1 saturated carbocycles. The third-order valence-electron chi connectivity index (χ3n) is 5.18. The van der Waals surface area contributed by atoms with Crippen LogP contribution in [-0.4, -0.2) is 42.8 Å². The van der Waals surface area contributed by atoms with E-state index in [4.69, 9.17) is 5.11 Å². The second-order valence-corrected chi connectivity index (χ2v) is 9.73. The highest BCUT2D eigenvalue weighted by molar-refractivity contribution is 9.10. The lowest BCUT2D eigenvalue weighted by atomic mass is 9.65. The maximum Gasteiger partial charge on any atom is 0.265 e. The lowest BCUT2D eigenvalue weighted by Gasteiger charge is -2.36. The summed E-state index contributed by atoms with van der Waals surface area (Å²) in [7, 11) is -4.35. The lowest BCUT2D eigenvalue weighted by molar-refractivity contribution is 0.0942. The summed E-state index contributed by atoms with van der Waals surface area (Å²) in [4.78, 5) is 12.1. The zero-order chi connectivity index (χ0) is 22.8. The Bertz CT molecular complexity index is 1170. The first kappa shape index (κ1) is 22.9. The number of nitrogens with one attached hydrogen (secondary N) is 2. The van der Waals surface area contributed by atoms with E-state index in [2.05, 4.69) is 32.0 Å². The van der Waals surface area contributed by atoms with Crippen LogP contribution in [0.5, 0.6) is 11.5 Å². The zero-order valence-corrected chi connectivity index (χ0v) is 18.6. The normalized spacial score (nSPS) is 14.9. The van der Waals surface area contributed by atoms with Crippen molar-refractivity contribution in [3.63, 3.8) is 0 Å². The van der Waals surface area contributed by atoms with E-state index in [9.17, 15) is 28.7 Å². The molecule has 1 aliphatic rings. The summed E-state index contributed by atoms with van der Waals surface area (Å²) in [6, 6.07) is 8.76. The molecular weight excluding hydrogens is 490 g/mol. The van der Waals surface area contributed by atoms with E-state index in [1.165, 1.54) is 30.3 Å². The van der Waals surface area contributed by atoms with E-state index in [0.29, 0.717) is 22.9 Å². The van der Waals surface area contributed by atoms with Crippen LogP contribution < -0.4 is 10.0 Å². The van der Waals surface area contributed by atoms with E-state index in [1.54, 1.807) is 0 Å². The van der Waals surface area contributed by atoms with Crippen molar-refractivity contribution < 1.29 is 28.5 Å². The van der Waals surface area contributed by atoms with Gasteiger partial charge in [0.1, 0.15) is 10.6 Å². The van der Waals surface area contributed by atoms with Gasteiger partial charge in [-0.25, -0.2) is 8.42 Å². The fraction of sp³-hybridized carbons (Fsp3) is 0.300. The quantitative estimate of drug-likeness (QED) is 0.358. The van der Waals surface area contributed by atoms with E-state index in [-0.39, 0.29) is 24.4 Å². The van der Waals surface area contributed by atoms with E-state index in [1.807, 2.05) is 0 Å². The van der Waals surface area contributed by atoms with Gasteiger partial charge in [-0.1, -0.05) is 15.9 Å². The molecule has 1 aliphatic carbocycles. The van der Waals surface area contributed by atoms with Crippen LogP contribution in [0.1, 0.15) is 35.2 Å². The minimum Gasteiger partial charge on any atom is -0.507 e. The van der Waals surface area contributed by atoms with Gasteiger partial charge in [-0.15, -0.1) is 0 Å². The van der Waals surface area contributed by atoms with Gasteiger partial charge in [0, 0.05) is 11.0 Å². The highest BCUT2D eigenvalue weighted by Crippen LogP contribution is 2.46. The molecule has 0 atom stereocenters. The first-order valence-electron chi connectivity index (χ1n) is 9.33. The predicted molar refractivity (Wildman–Crippen MR) is 115 cm³/mol. The molecule has 0 aromatic heterocycles. The Morgan fingerprint density at radius 1 is 1.23 bits per heavy atom. The number of sulfonamides is 1. The number of carbonyl (C=O) groups excluding carboxylic acids is 1. The number of amides is 1. The van der Waals surface area contributed by atoms with Gasteiger partial charge in [0.15, 0.2) is 5.75 Å². The number of halogens is 1. The van der Waals surface area contributed by atoms with Crippen LogP contribution in [0.15, 0.2) is 39.7 Å². The third-order valence-corrected chi connectivity index (χ3v) is 7.07. The number of aliphatic hydroxyl groups excluding tert-OH is 1. The third kappa shape index (κ3) is 4.46. The fourth-order valence-corrected chi connectivity index (χ4v) is 5.02. The monoisotopic (exact) mass is 509 g/mol. The van der Waals surface area contributed by atoms with Crippen molar-refractivity contribution in [3.8, 4) is 17.6 Å². The average Bonchev–Trinajstić information content (AvgIpc) is 2.69. The summed E-state index contributed by atoms with van der Waals surface area (Å²) < 4.78 is 28.4. The number of rotatable bonds is 7. The van der Waals surface area contributed by atoms with Crippen molar-refractivity contribution in [1.29, 1.82) is 5.26 Å². The standard InChI is InChI=1S/C20H20BrN3O6S/c21-13-2-3-16(26)17(10-13)31(29,30)24-15-9-12(20(11-22)4-1-5-20)8-14(18(15)27)19(28)23-6-7-25/h2-3,8-10,24-27H,1,4-7H2,(H,23,28). The van der Waals surface area contributed by atoms with Gasteiger partial charge in [-0.3, -0.25) is 9.52 Å². The topological polar surface area (TPSA) is 160 Å². The van der Waals surface area contributed by atoms with Crippen LogP contribution in [0.4, 0.5) is 5.69 Å². The van der Waals surface area contributed by atoms with Gasteiger partial charge >= 0.3 is 0 Å². The van der Waals surface area contributed by atoms with E-state index < -0.39 is 37.7 Å². The smallest absolute Gasteiger partial charge is 0.265 e. The van der Waals surface area contributed by atoms with Gasteiger partial charge in [0.25, 0.3) is 15.9 Å². The molecule has 1 amide bonds. The molecule has 11 heteroatoms. The minimum atomic E-state index is -4.35. The van der Waals surface area contributed by atoms with Gasteiger partial charge in [0.05, 0.1) is 29.3 Å². The molecule has 0 radical (unpaired) electrons. The highest BCUT2D eigenvalue weighted by atomic mass is 79.9. The van der Waals surface area contributed by atoms with Crippen LogP contribution in [0, 0.1) is 11.3 Å². The Balaban J connectivity index is 2.11. The Labute approximate surface area is 187 Å². The molecule has 1 fully saturated rings. The highest BCUT2D eigenvalue weighted by Gasteiger charge is 2.40.